The first-order valence-electron chi connectivity index (χ1n) is 8.46. The molecule has 0 aliphatic heterocycles. The number of hydrogen-bond acceptors (Lipinski definition) is 7. The molecule has 0 aliphatic rings. The number of pyridine rings is 1. The van der Waals surface area contributed by atoms with Crippen molar-refractivity contribution in [3.8, 4) is 17.4 Å². The number of nitrogens with one attached hydrogen (secondary N) is 1. The van der Waals surface area contributed by atoms with E-state index in [-0.39, 0.29) is 5.69 Å². The van der Waals surface area contributed by atoms with E-state index in [1.54, 1.807) is 35.1 Å². The zero-order valence-electron chi connectivity index (χ0n) is 16.0. The van der Waals surface area contributed by atoms with Crippen LogP contribution < -0.4 is 18.9 Å². The van der Waals surface area contributed by atoms with Crippen LogP contribution in [0, 0.1) is 0 Å². The molecule has 1 N–H and O–H groups in total. The molecule has 3 aromatic rings. The number of methoxy groups -OCH3 is 3. The molecule has 2 heterocycles. The third kappa shape index (κ3) is 4.75. The zero-order valence-corrected chi connectivity index (χ0v) is 17.6. The number of carbonyl (C=O) groups excluding carboxylic acids is 1. The van der Waals surface area contributed by atoms with Gasteiger partial charge in [0.1, 0.15) is 16.3 Å². The van der Waals surface area contributed by atoms with Crippen LogP contribution in [0.2, 0.25) is 5.02 Å². The Morgan fingerprint density at radius 1 is 1.17 bits per heavy atom. The maximum Gasteiger partial charge on any atom is 0.280 e. The summed E-state index contributed by atoms with van der Waals surface area (Å²) < 4.78 is 20.5. The standard InChI is InChI=1S/C19H19ClN4O4S/c1-26-15-8-6-13(20)16(27-2)17(15)29-23-18(25)14-7-5-12(19(22-14)28-3)11-24-10-4-9-21-24/h4-10H,11H2,1-3H3,(H,23,25). The van der Waals surface area contributed by atoms with Crippen LogP contribution in [-0.2, 0) is 6.54 Å². The normalized spacial score (nSPS) is 10.5. The van der Waals surface area contributed by atoms with Gasteiger partial charge in [0, 0.05) is 18.0 Å². The van der Waals surface area contributed by atoms with Crippen molar-refractivity contribution in [2.45, 2.75) is 11.4 Å². The second kappa shape index (κ2) is 9.53. The van der Waals surface area contributed by atoms with E-state index in [4.69, 9.17) is 25.8 Å². The molecular weight excluding hydrogens is 416 g/mol. The first-order valence-corrected chi connectivity index (χ1v) is 9.65. The molecule has 0 bridgehead atoms. The molecular formula is C19H19ClN4O4S. The van der Waals surface area contributed by atoms with E-state index < -0.39 is 5.91 Å². The predicted molar refractivity (Wildman–Crippen MR) is 110 cm³/mol. The average Bonchev–Trinajstić information content (AvgIpc) is 3.25. The lowest BCUT2D eigenvalue weighted by molar-refractivity contribution is 0.0978. The molecule has 2 aromatic heterocycles. The fourth-order valence-electron chi connectivity index (χ4n) is 2.58. The lowest BCUT2D eigenvalue weighted by Gasteiger charge is -2.14. The van der Waals surface area contributed by atoms with Crippen LogP contribution in [0.4, 0.5) is 0 Å². The SMILES string of the molecule is COc1ccc(Cl)c(OC)c1SNC(=O)c1ccc(Cn2cccn2)c(OC)n1. The maximum absolute atomic E-state index is 12.6. The molecule has 1 aromatic carbocycles. The first-order chi connectivity index (χ1) is 14.1. The van der Waals surface area contributed by atoms with Crippen LogP contribution in [0.5, 0.6) is 17.4 Å². The Labute approximate surface area is 177 Å². The van der Waals surface area contributed by atoms with Gasteiger partial charge in [-0.25, -0.2) is 4.98 Å². The van der Waals surface area contributed by atoms with Crippen molar-refractivity contribution in [1.29, 1.82) is 0 Å². The number of carbonyl (C=O) groups is 1. The molecule has 152 valence electrons. The second-order valence-electron chi connectivity index (χ2n) is 5.71. The molecule has 10 heteroatoms. The summed E-state index contributed by atoms with van der Waals surface area (Å²) in [5.41, 5.74) is 1.01. The van der Waals surface area contributed by atoms with Crippen molar-refractivity contribution >= 4 is 29.5 Å². The van der Waals surface area contributed by atoms with Gasteiger partial charge < -0.3 is 14.2 Å². The summed E-state index contributed by atoms with van der Waals surface area (Å²) in [6.07, 6.45) is 3.53. The number of hydrogen-bond donors (Lipinski definition) is 1. The van der Waals surface area contributed by atoms with E-state index in [1.165, 1.54) is 21.3 Å². The van der Waals surface area contributed by atoms with Crippen molar-refractivity contribution in [2.24, 2.45) is 0 Å². The lowest BCUT2D eigenvalue weighted by atomic mass is 10.2. The van der Waals surface area contributed by atoms with E-state index in [0.29, 0.717) is 33.8 Å². The van der Waals surface area contributed by atoms with E-state index in [0.717, 1.165) is 17.5 Å². The highest BCUT2D eigenvalue weighted by molar-refractivity contribution is 7.98. The van der Waals surface area contributed by atoms with E-state index >= 15 is 0 Å². The number of rotatable bonds is 8. The summed E-state index contributed by atoms with van der Waals surface area (Å²) in [7, 11) is 4.53. The number of aromatic nitrogens is 3. The molecule has 0 spiro atoms. The van der Waals surface area contributed by atoms with Crippen LogP contribution in [0.1, 0.15) is 16.1 Å². The van der Waals surface area contributed by atoms with Gasteiger partial charge in [-0.15, -0.1) is 0 Å². The molecule has 0 fully saturated rings. The van der Waals surface area contributed by atoms with Crippen LogP contribution in [0.15, 0.2) is 47.6 Å². The van der Waals surface area contributed by atoms with Crippen molar-refractivity contribution in [3.63, 3.8) is 0 Å². The van der Waals surface area contributed by atoms with Gasteiger partial charge >= 0.3 is 0 Å². The molecule has 8 nitrogen and oxygen atoms in total. The Morgan fingerprint density at radius 2 is 2.00 bits per heavy atom. The van der Waals surface area contributed by atoms with Crippen LogP contribution in [0.25, 0.3) is 0 Å². The number of amides is 1. The Kier molecular flexibility index (Phi) is 6.84. The van der Waals surface area contributed by atoms with Gasteiger partial charge in [-0.05, 0) is 42.3 Å². The van der Waals surface area contributed by atoms with E-state index in [1.807, 2.05) is 12.3 Å². The van der Waals surface area contributed by atoms with Crippen molar-refractivity contribution in [1.82, 2.24) is 19.5 Å². The number of nitrogens with zero attached hydrogens (tertiary/aromatic N) is 3. The number of halogens is 1. The summed E-state index contributed by atoms with van der Waals surface area (Å²) in [5, 5.41) is 4.57. The number of benzene rings is 1. The summed E-state index contributed by atoms with van der Waals surface area (Å²) in [4.78, 5) is 17.5. The minimum Gasteiger partial charge on any atom is -0.495 e. The molecule has 0 saturated carbocycles. The molecule has 0 atom stereocenters. The predicted octanol–water partition coefficient (Wildman–Crippen LogP) is 3.44. The van der Waals surface area contributed by atoms with Gasteiger partial charge in [0.2, 0.25) is 5.88 Å². The average molecular weight is 435 g/mol. The lowest BCUT2D eigenvalue weighted by Crippen LogP contribution is -2.18. The van der Waals surface area contributed by atoms with Crippen molar-refractivity contribution in [3.05, 3.63) is 59.0 Å². The molecule has 1 amide bonds. The highest BCUT2D eigenvalue weighted by Gasteiger charge is 2.18. The van der Waals surface area contributed by atoms with Crippen LogP contribution in [-0.4, -0.2) is 42.0 Å². The summed E-state index contributed by atoms with van der Waals surface area (Å²) in [6.45, 7) is 0.483. The first kappa shape index (κ1) is 20.8. The third-order valence-electron chi connectivity index (χ3n) is 3.95. The summed E-state index contributed by atoms with van der Waals surface area (Å²) in [5.74, 6) is 0.896. The minimum atomic E-state index is -0.400. The maximum atomic E-state index is 12.6. The largest absolute Gasteiger partial charge is 0.495 e. The van der Waals surface area contributed by atoms with Gasteiger partial charge in [-0.1, -0.05) is 11.6 Å². The molecule has 29 heavy (non-hydrogen) atoms. The zero-order chi connectivity index (χ0) is 20.8. The number of ether oxygens (including phenoxy) is 3. The highest BCUT2D eigenvalue weighted by atomic mass is 35.5. The fraction of sp³-hybridized carbons (Fsp3) is 0.211. The second-order valence-corrected chi connectivity index (χ2v) is 6.94. The molecule has 0 unspecified atom stereocenters. The van der Waals surface area contributed by atoms with Crippen LogP contribution >= 0.6 is 23.5 Å². The Morgan fingerprint density at radius 3 is 2.66 bits per heavy atom. The highest BCUT2D eigenvalue weighted by Crippen LogP contribution is 2.41. The molecule has 3 rings (SSSR count). The van der Waals surface area contributed by atoms with Crippen molar-refractivity contribution < 1.29 is 19.0 Å². The van der Waals surface area contributed by atoms with Crippen LogP contribution in [0.3, 0.4) is 0 Å². The van der Waals surface area contributed by atoms with Gasteiger partial charge in [0.05, 0.1) is 32.9 Å². The van der Waals surface area contributed by atoms with Gasteiger partial charge in [0.25, 0.3) is 5.91 Å². The van der Waals surface area contributed by atoms with Gasteiger partial charge in [-0.3, -0.25) is 14.2 Å². The molecule has 0 aliphatic carbocycles. The quantitative estimate of drug-likeness (QED) is 0.543. The fourth-order valence-corrected chi connectivity index (χ4v) is 3.71. The van der Waals surface area contributed by atoms with E-state index in [9.17, 15) is 4.79 Å². The van der Waals surface area contributed by atoms with Gasteiger partial charge in [0.15, 0.2) is 5.75 Å². The molecule has 0 radical (unpaired) electrons. The Hall–Kier alpha value is -2.91. The third-order valence-corrected chi connectivity index (χ3v) is 5.13. The van der Waals surface area contributed by atoms with Crippen molar-refractivity contribution in [2.75, 3.05) is 21.3 Å². The minimum absolute atomic E-state index is 0.207. The van der Waals surface area contributed by atoms with Gasteiger partial charge in [-0.2, -0.15) is 5.10 Å². The Balaban J connectivity index is 1.77. The van der Waals surface area contributed by atoms with E-state index in [2.05, 4.69) is 14.8 Å². The summed E-state index contributed by atoms with van der Waals surface area (Å²) >= 11 is 7.20. The topological polar surface area (TPSA) is 87.5 Å². The molecule has 0 saturated heterocycles. The Bertz CT molecular complexity index is 998. The summed E-state index contributed by atoms with van der Waals surface area (Å²) in [6, 6.07) is 8.61. The smallest absolute Gasteiger partial charge is 0.280 e. The monoisotopic (exact) mass is 434 g/mol.